The SMILES string of the molecule is CNC1CN(Cc2ccccc2)C(C)C1C(=O)O. The Morgan fingerprint density at radius 2 is 2.11 bits per heavy atom. The topological polar surface area (TPSA) is 52.6 Å². The Kier molecular flexibility index (Phi) is 3.99. The predicted octanol–water partition coefficient (Wildman–Crippen LogP) is 1.18. The summed E-state index contributed by atoms with van der Waals surface area (Å²) >= 11 is 0. The maximum Gasteiger partial charge on any atom is 0.309 e. The van der Waals surface area contributed by atoms with E-state index in [4.69, 9.17) is 0 Å². The second-order valence-corrected chi connectivity index (χ2v) is 4.91. The second kappa shape index (κ2) is 5.50. The van der Waals surface area contributed by atoms with E-state index in [1.807, 2.05) is 32.2 Å². The van der Waals surface area contributed by atoms with Gasteiger partial charge in [0.15, 0.2) is 0 Å². The predicted molar refractivity (Wildman–Crippen MR) is 70.3 cm³/mol. The molecule has 98 valence electrons. The van der Waals surface area contributed by atoms with Gasteiger partial charge in [0.05, 0.1) is 5.92 Å². The van der Waals surface area contributed by atoms with Crippen LogP contribution in [0.2, 0.25) is 0 Å². The van der Waals surface area contributed by atoms with Crippen LogP contribution in [-0.2, 0) is 11.3 Å². The number of hydrogen-bond donors (Lipinski definition) is 2. The molecule has 1 aliphatic heterocycles. The summed E-state index contributed by atoms with van der Waals surface area (Å²) in [5.74, 6) is -1.05. The van der Waals surface area contributed by atoms with Gasteiger partial charge in [0.25, 0.3) is 0 Å². The normalized spacial score (nSPS) is 28.4. The number of carbonyl (C=O) groups is 1. The minimum absolute atomic E-state index is 0.0289. The lowest BCUT2D eigenvalue weighted by molar-refractivity contribution is -0.142. The van der Waals surface area contributed by atoms with Gasteiger partial charge in [-0.15, -0.1) is 0 Å². The Bertz CT molecular complexity index is 408. The van der Waals surface area contributed by atoms with E-state index >= 15 is 0 Å². The van der Waals surface area contributed by atoms with Crippen LogP contribution in [-0.4, -0.2) is 41.7 Å². The molecule has 0 aromatic heterocycles. The van der Waals surface area contributed by atoms with Gasteiger partial charge in [-0.2, -0.15) is 0 Å². The van der Waals surface area contributed by atoms with E-state index in [0.717, 1.165) is 13.1 Å². The molecule has 0 saturated carbocycles. The number of likely N-dealkylation sites (N-methyl/N-ethyl adjacent to an activating group) is 1. The number of carboxylic acids is 1. The fourth-order valence-electron chi connectivity index (χ4n) is 2.77. The smallest absolute Gasteiger partial charge is 0.309 e. The van der Waals surface area contributed by atoms with E-state index in [0.29, 0.717) is 0 Å². The third-order valence-corrected chi connectivity index (χ3v) is 3.84. The zero-order chi connectivity index (χ0) is 13.1. The van der Waals surface area contributed by atoms with Crippen molar-refractivity contribution in [3.63, 3.8) is 0 Å². The van der Waals surface area contributed by atoms with Crippen molar-refractivity contribution in [2.45, 2.75) is 25.6 Å². The van der Waals surface area contributed by atoms with Gasteiger partial charge in [0.1, 0.15) is 0 Å². The standard InChI is InChI=1S/C14H20N2O2/c1-10-13(14(17)18)12(15-2)9-16(10)8-11-6-4-3-5-7-11/h3-7,10,12-13,15H,8-9H2,1-2H3,(H,17,18). The van der Waals surface area contributed by atoms with Gasteiger partial charge < -0.3 is 10.4 Å². The molecule has 1 aromatic carbocycles. The monoisotopic (exact) mass is 248 g/mol. The lowest BCUT2D eigenvalue weighted by Crippen LogP contribution is -2.39. The highest BCUT2D eigenvalue weighted by Gasteiger charge is 2.42. The first-order valence-electron chi connectivity index (χ1n) is 6.31. The zero-order valence-electron chi connectivity index (χ0n) is 10.8. The van der Waals surface area contributed by atoms with Gasteiger partial charge in [-0.25, -0.2) is 0 Å². The fraction of sp³-hybridized carbons (Fsp3) is 0.500. The summed E-state index contributed by atoms with van der Waals surface area (Å²) in [5, 5.41) is 12.4. The van der Waals surface area contributed by atoms with Crippen molar-refractivity contribution in [3.8, 4) is 0 Å². The summed E-state index contributed by atoms with van der Waals surface area (Å²) in [4.78, 5) is 13.5. The van der Waals surface area contributed by atoms with Crippen LogP contribution in [0.3, 0.4) is 0 Å². The van der Waals surface area contributed by atoms with Gasteiger partial charge in [-0.3, -0.25) is 9.69 Å². The van der Waals surface area contributed by atoms with E-state index in [1.54, 1.807) is 0 Å². The molecule has 0 amide bonds. The van der Waals surface area contributed by atoms with Gasteiger partial charge >= 0.3 is 5.97 Å². The van der Waals surface area contributed by atoms with Crippen LogP contribution in [0.4, 0.5) is 0 Å². The van der Waals surface area contributed by atoms with Crippen LogP contribution in [0.25, 0.3) is 0 Å². The molecule has 3 unspecified atom stereocenters. The third kappa shape index (κ3) is 2.54. The molecule has 2 rings (SSSR count). The number of carboxylic acid groups (broad SMARTS) is 1. The molecule has 0 radical (unpaired) electrons. The molecule has 1 aromatic rings. The van der Waals surface area contributed by atoms with Crippen LogP contribution < -0.4 is 5.32 Å². The van der Waals surface area contributed by atoms with Crippen molar-refractivity contribution in [1.29, 1.82) is 0 Å². The van der Waals surface area contributed by atoms with Crippen molar-refractivity contribution >= 4 is 5.97 Å². The first-order chi connectivity index (χ1) is 8.63. The van der Waals surface area contributed by atoms with Crippen LogP contribution in [0.1, 0.15) is 12.5 Å². The molecular formula is C14H20N2O2. The van der Waals surface area contributed by atoms with Gasteiger partial charge in [0, 0.05) is 25.2 Å². The number of rotatable bonds is 4. The lowest BCUT2D eigenvalue weighted by Gasteiger charge is -2.22. The molecule has 1 saturated heterocycles. The second-order valence-electron chi connectivity index (χ2n) is 4.91. The Morgan fingerprint density at radius 3 is 2.61 bits per heavy atom. The average molecular weight is 248 g/mol. The van der Waals surface area contributed by atoms with E-state index in [2.05, 4.69) is 22.3 Å². The van der Waals surface area contributed by atoms with Gasteiger partial charge in [-0.05, 0) is 19.5 Å². The Hall–Kier alpha value is -1.39. The van der Waals surface area contributed by atoms with E-state index in [1.165, 1.54) is 5.56 Å². The van der Waals surface area contributed by atoms with E-state index in [-0.39, 0.29) is 18.0 Å². The molecule has 1 heterocycles. The summed E-state index contributed by atoms with van der Waals surface area (Å²) in [6, 6.07) is 10.3. The van der Waals surface area contributed by atoms with Gasteiger partial charge in [0.2, 0.25) is 0 Å². The third-order valence-electron chi connectivity index (χ3n) is 3.84. The minimum Gasteiger partial charge on any atom is -0.481 e. The molecule has 3 atom stereocenters. The summed E-state index contributed by atoms with van der Waals surface area (Å²) < 4.78 is 0. The summed E-state index contributed by atoms with van der Waals surface area (Å²) in [6.45, 7) is 3.59. The largest absolute Gasteiger partial charge is 0.481 e. The number of likely N-dealkylation sites (tertiary alicyclic amines) is 1. The van der Waals surface area contributed by atoms with Crippen molar-refractivity contribution in [2.24, 2.45) is 5.92 Å². The molecule has 4 heteroatoms. The lowest BCUT2D eigenvalue weighted by atomic mass is 9.98. The summed E-state index contributed by atoms with van der Waals surface area (Å²) in [5.41, 5.74) is 1.23. The summed E-state index contributed by atoms with van der Waals surface area (Å²) in [6.07, 6.45) is 0. The van der Waals surface area contributed by atoms with Crippen molar-refractivity contribution in [1.82, 2.24) is 10.2 Å². The van der Waals surface area contributed by atoms with E-state index < -0.39 is 5.97 Å². The molecule has 1 fully saturated rings. The number of nitrogens with one attached hydrogen (secondary N) is 1. The average Bonchev–Trinajstić information content (AvgIpc) is 2.67. The number of benzene rings is 1. The Labute approximate surface area is 108 Å². The molecule has 0 spiro atoms. The first kappa shape index (κ1) is 13.1. The Balaban J connectivity index is 2.09. The van der Waals surface area contributed by atoms with Crippen molar-refractivity contribution in [2.75, 3.05) is 13.6 Å². The van der Waals surface area contributed by atoms with E-state index in [9.17, 15) is 9.90 Å². The minimum atomic E-state index is -0.711. The van der Waals surface area contributed by atoms with Gasteiger partial charge in [-0.1, -0.05) is 30.3 Å². The van der Waals surface area contributed by atoms with Crippen LogP contribution in [0.5, 0.6) is 0 Å². The maximum atomic E-state index is 11.3. The fourth-order valence-corrected chi connectivity index (χ4v) is 2.77. The zero-order valence-corrected chi connectivity index (χ0v) is 10.8. The maximum absolute atomic E-state index is 11.3. The molecule has 0 aliphatic carbocycles. The molecule has 1 aliphatic rings. The number of aliphatic carboxylic acids is 1. The van der Waals surface area contributed by atoms with Crippen molar-refractivity contribution < 1.29 is 9.90 Å². The summed E-state index contributed by atoms with van der Waals surface area (Å²) in [7, 11) is 1.83. The molecule has 18 heavy (non-hydrogen) atoms. The number of hydrogen-bond acceptors (Lipinski definition) is 3. The highest BCUT2D eigenvalue weighted by atomic mass is 16.4. The highest BCUT2D eigenvalue weighted by Crippen LogP contribution is 2.26. The molecule has 0 bridgehead atoms. The number of nitrogens with zero attached hydrogens (tertiary/aromatic N) is 1. The van der Waals surface area contributed by atoms with Crippen LogP contribution >= 0.6 is 0 Å². The van der Waals surface area contributed by atoms with Crippen LogP contribution in [0, 0.1) is 5.92 Å². The molecular weight excluding hydrogens is 228 g/mol. The Morgan fingerprint density at radius 1 is 1.44 bits per heavy atom. The van der Waals surface area contributed by atoms with Crippen LogP contribution in [0.15, 0.2) is 30.3 Å². The molecule has 2 N–H and O–H groups in total. The molecule has 4 nitrogen and oxygen atoms in total. The quantitative estimate of drug-likeness (QED) is 0.840. The van der Waals surface area contributed by atoms with Crippen molar-refractivity contribution in [3.05, 3.63) is 35.9 Å². The first-order valence-corrected chi connectivity index (χ1v) is 6.31. The highest BCUT2D eigenvalue weighted by molar-refractivity contribution is 5.72.